The van der Waals surface area contributed by atoms with Crippen LogP contribution in [-0.4, -0.2) is 28.7 Å². The average Bonchev–Trinajstić information content (AvgIpc) is 2.97. The number of carbonyl (C=O) groups is 3. The maximum atomic E-state index is 13.2. The third-order valence-electron chi connectivity index (χ3n) is 5.01. The predicted molar refractivity (Wildman–Crippen MR) is 103 cm³/mol. The van der Waals surface area contributed by atoms with Gasteiger partial charge in [-0.2, -0.15) is 0 Å². The SMILES string of the molecule is CCOC(=O)c1c2c(n(C=C(CC)CC)c1C)C(=O)c1ccccc1C2=O. The zero-order valence-corrected chi connectivity index (χ0v) is 16.1. The molecule has 0 spiro atoms. The van der Waals surface area contributed by atoms with Gasteiger partial charge in [0.1, 0.15) is 5.69 Å². The first-order valence-electron chi connectivity index (χ1n) is 9.26. The summed E-state index contributed by atoms with van der Waals surface area (Å²) >= 11 is 0. The zero-order chi connectivity index (χ0) is 19.7. The molecule has 0 saturated heterocycles. The van der Waals surface area contributed by atoms with Crippen molar-refractivity contribution in [2.24, 2.45) is 0 Å². The lowest BCUT2D eigenvalue weighted by Gasteiger charge is -2.16. The van der Waals surface area contributed by atoms with Gasteiger partial charge in [-0.05, 0) is 26.7 Å². The van der Waals surface area contributed by atoms with Gasteiger partial charge in [0.15, 0.2) is 5.78 Å². The topological polar surface area (TPSA) is 65.4 Å². The Morgan fingerprint density at radius 1 is 1.04 bits per heavy atom. The van der Waals surface area contributed by atoms with Gasteiger partial charge in [0.2, 0.25) is 5.78 Å². The Hall–Kier alpha value is -2.95. The zero-order valence-electron chi connectivity index (χ0n) is 16.1. The first kappa shape index (κ1) is 18.8. The molecule has 0 bridgehead atoms. The van der Waals surface area contributed by atoms with Gasteiger partial charge in [-0.3, -0.25) is 9.59 Å². The largest absolute Gasteiger partial charge is 0.462 e. The molecule has 5 heteroatoms. The van der Waals surface area contributed by atoms with E-state index >= 15 is 0 Å². The number of rotatable bonds is 5. The molecule has 0 radical (unpaired) electrons. The average molecular weight is 365 g/mol. The predicted octanol–water partition coefficient (Wildman–Crippen LogP) is 4.41. The first-order chi connectivity index (χ1) is 13.0. The van der Waals surface area contributed by atoms with Crippen molar-refractivity contribution in [2.45, 2.75) is 40.5 Å². The van der Waals surface area contributed by atoms with Crippen LogP contribution in [0, 0.1) is 6.92 Å². The molecule has 0 aliphatic heterocycles. The van der Waals surface area contributed by atoms with Crippen molar-refractivity contribution in [3.63, 3.8) is 0 Å². The standard InChI is InChI=1S/C22H23NO4/c1-5-14(6-2)12-23-13(4)17(22(26)27-7-3)18-19(23)21(25)16-11-9-8-10-15(16)20(18)24/h8-12H,5-7H2,1-4H3. The Morgan fingerprint density at radius 2 is 1.63 bits per heavy atom. The van der Waals surface area contributed by atoms with Crippen molar-refractivity contribution in [3.8, 4) is 0 Å². The highest BCUT2D eigenvalue weighted by Crippen LogP contribution is 2.34. The molecule has 3 rings (SSSR count). The van der Waals surface area contributed by atoms with Crippen molar-refractivity contribution in [3.05, 3.63) is 63.5 Å². The molecule has 0 N–H and O–H groups in total. The lowest BCUT2D eigenvalue weighted by atomic mass is 9.86. The molecule has 1 aromatic carbocycles. The minimum Gasteiger partial charge on any atom is -0.462 e. The van der Waals surface area contributed by atoms with Gasteiger partial charge in [0.05, 0.1) is 17.7 Å². The van der Waals surface area contributed by atoms with Crippen LogP contribution in [0.5, 0.6) is 0 Å². The fourth-order valence-corrected chi connectivity index (χ4v) is 3.52. The van der Waals surface area contributed by atoms with Crippen molar-refractivity contribution < 1.29 is 19.1 Å². The summed E-state index contributed by atoms with van der Waals surface area (Å²) in [5, 5.41) is 0. The summed E-state index contributed by atoms with van der Waals surface area (Å²) in [6, 6.07) is 6.73. The second kappa shape index (κ2) is 7.35. The van der Waals surface area contributed by atoms with Crippen LogP contribution in [0.3, 0.4) is 0 Å². The van der Waals surface area contributed by atoms with E-state index in [1.54, 1.807) is 42.7 Å². The number of benzene rings is 1. The summed E-state index contributed by atoms with van der Waals surface area (Å²) in [7, 11) is 0. The quantitative estimate of drug-likeness (QED) is 0.628. The number of ether oxygens (including phenoxy) is 1. The molecule has 140 valence electrons. The summed E-state index contributed by atoms with van der Waals surface area (Å²) in [5.41, 5.74) is 2.94. The summed E-state index contributed by atoms with van der Waals surface area (Å²) < 4.78 is 6.88. The van der Waals surface area contributed by atoms with Crippen LogP contribution in [-0.2, 0) is 4.74 Å². The number of esters is 1. The van der Waals surface area contributed by atoms with E-state index in [-0.39, 0.29) is 35.0 Å². The maximum Gasteiger partial charge on any atom is 0.340 e. The third kappa shape index (κ3) is 2.93. The Morgan fingerprint density at radius 3 is 2.19 bits per heavy atom. The Bertz CT molecular complexity index is 972. The summed E-state index contributed by atoms with van der Waals surface area (Å²) in [6.07, 6.45) is 3.50. The van der Waals surface area contributed by atoms with Gasteiger partial charge in [-0.1, -0.05) is 43.7 Å². The second-order valence-corrected chi connectivity index (χ2v) is 6.47. The van der Waals surface area contributed by atoms with Crippen molar-refractivity contribution in [1.29, 1.82) is 0 Å². The van der Waals surface area contributed by atoms with Gasteiger partial charge in [-0.15, -0.1) is 0 Å². The molecular weight excluding hydrogens is 342 g/mol. The number of hydrogen-bond acceptors (Lipinski definition) is 4. The normalized spacial score (nSPS) is 12.4. The van der Waals surface area contributed by atoms with Crippen molar-refractivity contribution in [1.82, 2.24) is 4.57 Å². The van der Waals surface area contributed by atoms with Gasteiger partial charge < -0.3 is 9.30 Å². The second-order valence-electron chi connectivity index (χ2n) is 6.47. The smallest absolute Gasteiger partial charge is 0.340 e. The van der Waals surface area contributed by atoms with Crippen LogP contribution in [0.2, 0.25) is 0 Å². The Kier molecular flexibility index (Phi) is 5.13. The molecule has 5 nitrogen and oxygen atoms in total. The van der Waals surface area contributed by atoms with Crippen LogP contribution >= 0.6 is 0 Å². The van der Waals surface area contributed by atoms with E-state index in [0.717, 1.165) is 18.4 Å². The fourth-order valence-electron chi connectivity index (χ4n) is 3.52. The number of hydrogen-bond donors (Lipinski definition) is 0. The molecule has 1 aromatic heterocycles. The Labute approximate surface area is 158 Å². The van der Waals surface area contributed by atoms with Gasteiger partial charge in [0.25, 0.3) is 0 Å². The molecular formula is C22H23NO4. The molecule has 1 heterocycles. The molecule has 0 saturated carbocycles. The monoisotopic (exact) mass is 365 g/mol. The van der Waals surface area contributed by atoms with E-state index in [4.69, 9.17) is 4.74 Å². The van der Waals surface area contributed by atoms with Crippen molar-refractivity contribution in [2.75, 3.05) is 6.61 Å². The molecule has 0 amide bonds. The molecule has 27 heavy (non-hydrogen) atoms. The summed E-state index contributed by atoms with van der Waals surface area (Å²) in [5.74, 6) is -1.14. The van der Waals surface area contributed by atoms with Crippen molar-refractivity contribution >= 4 is 23.7 Å². The molecule has 1 aliphatic rings. The van der Waals surface area contributed by atoms with E-state index in [2.05, 4.69) is 0 Å². The van der Waals surface area contributed by atoms with E-state index in [0.29, 0.717) is 16.8 Å². The molecule has 0 fully saturated rings. The van der Waals surface area contributed by atoms with Gasteiger partial charge in [0, 0.05) is 23.0 Å². The van der Waals surface area contributed by atoms with E-state index in [1.165, 1.54) is 0 Å². The minimum atomic E-state index is -0.575. The van der Waals surface area contributed by atoms with E-state index in [1.807, 2.05) is 20.0 Å². The van der Waals surface area contributed by atoms with Crippen LogP contribution in [0.25, 0.3) is 6.20 Å². The number of aromatic nitrogens is 1. The Balaban J connectivity index is 2.36. The number of ketones is 2. The van der Waals surface area contributed by atoms with Crippen LogP contribution in [0.15, 0.2) is 29.8 Å². The number of nitrogens with zero attached hydrogens (tertiary/aromatic N) is 1. The number of fused-ring (bicyclic) bond motifs is 2. The highest BCUT2D eigenvalue weighted by Gasteiger charge is 2.38. The number of carbonyl (C=O) groups excluding carboxylic acids is 3. The molecule has 0 unspecified atom stereocenters. The highest BCUT2D eigenvalue weighted by atomic mass is 16.5. The molecule has 0 atom stereocenters. The van der Waals surface area contributed by atoms with Crippen LogP contribution in [0.1, 0.15) is 81.6 Å². The minimum absolute atomic E-state index is 0.150. The lowest BCUT2D eigenvalue weighted by Crippen LogP contribution is -2.23. The van der Waals surface area contributed by atoms with Gasteiger partial charge >= 0.3 is 5.97 Å². The molecule has 1 aliphatic carbocycles. The number of allylic oxidation sites excluding steroid dienone is 1. The first-order valence-corrected chi connectivity index (χ1v) is 9.26. The lowest BCUT2D eigenvalue weighted by molar-refractivity contribution is 0.0523. The third-order valence-corrected chi connectivity index (χ3v) is 5.01. The molecule has 2 aromatic rings. The van der Waals surface area contributed by atoms with Gasteiger partial charge in [-0.25, -0.2) is 4.79 Å². The summed E-state index contributed by atoms with van der Waals surface area (Å²) in [4.78, 5) is 39.0. The highest BCUT2D eigenvalue weighted by molar-refractivity contribution is 6.30. The summed E-state index contributed by atoms with van der Waals surface area (Å²) in [6.45, 7) is 7.73. The van der Waals surface area contributed by atoms with E-state index < -0.39 is 5.97 Å². The van der Waals surface area contributed by atoms with Crippen LogP contribution in [0.4, 0.5) is 0 Å². The van der Waals surface area contributed by atoms with Crippen LogP contribution < -0.4 is 0 Å². The fraction of sp³-hybridized carbons (Fsp3) is 0.318. The maximum absolute atomic E-state index is 13.2. The van der Waals surface area contributed by atoms with E-state index in [9.17, 15) is 14.4 Å².